The van der Waals surface area contributed by atoms with Gasteiger partial charge in [-0.2, -0.15) is 10.4 Å². The Bertz CT molecular complexity index is 875. The number of pyridine rings is 1. The lowest BCUT2D eigenvalue weighted by molar-refractivity contribution is 0.206. The number of rotatable bonds is 6. The van der Waals surface area contributed by atoms with Crippen LogP contribution in [0.2, 0.25) is 0 Å². The van der Waals surface area contributed by atoms with Crippen LogP contribution in [0.5, 0.6) is 0 Å². The number of nitriles is 1. The first kappa shape index (κ1) is 18.9. The van der Waals surface area contributed by atoms with Gasteiger partial charge < -0.3 is 14.5 Å². The van der Waals surface area contributed by atoms with Crippen molar-refractivity contribution in [3.8, 4) is 6.07 Å². The second kappa shape index (κ2) is 8.64. The van der Waals surface area contributed by atoms with Gasteiger partial charge >= 0.3 is 0 Å². The molecule has 1 saturated heterocycles. The van der Waals surface area contributed by atoms with Gasteiger partial charge in [0.05, 0.1) is 24.5 Å². The van der Waals surface area contributed by atoms with Gasteiger partial charge in [0.1, 0.15) is 17.6 Å². The number of hydrogen-bond acceptors (Lipinski definition) is 7. The van der Waals surface area contributed by atoms with Crippen LogP contribution in [0.25, 0.3) is 0 Å². The molecule has 2 aromatic rings. The highest BCUT2D eigenvalue weighted by Gasteiger charge is 2.24. The Hall–Kier alpha value is -2.92. The van der Waals surface area contributed by atoms with Gasteiger partial charge in [-0.1, -0.05) is 6.07 Å². The Labute approximate surface area is 158 Å². The molecule has 0 spiro atoms. The molecular formula is C19H24N6O2. The molecule has 8 heteroatoms. The summed E-state index contributed by atoms with van der Waals surface area (Å²) in [5, 5.41) is 13.5. The van der Waals surface area contributed by atoms with Gasteiger partial charge in [0.2, 0.25) is 0 Å². The number of anilines is 2. The maximum absolute atomic E-state index is 12.6. The van der Waals surface area contributed by atoms with Crippen LogP contribution in [0, 0.1) is 11.3 Å². The standard InChI is InChI=1S/C19H24N6O2/c1-23(9-10-27-2)17-11-19(26)25(21-13-17)16-6-4-8-24(14-16)18-7-3-5-15(12-20)22-18/h3,5,7,11,13,16H,4,6,8-10,14H2,1-2H3. The molecule has 27 heavy (non-hydrogen) atoms. The smallest absolute Gasteiger partial charge is 0.269 e. The van der Waals surface area contributed by atoms with Crippen LogP contribution in [0.15, 0.2) is 35.3 Å². The molecule has 3 rings (SSSR count). The average Bonchev–Trinajstić information content (AvgIpc) is 2.72. The highest BCUT2D eigenvalue weighted by Crippen LogP contribution is 2.24. The van der Waals surface area contributed by atoms with Crippen molar-refractivity contribution >= 4 is 11.5 Å². The van der Waals surface area contributed by atoms with E-state index in [1.54, 1.807) is 30.1 Å². The van der Waals surface area contributed by atoms with Crippen molar-refractivity contribution in [2.24, 2.45) is 0 Å². The molecule has 0 N–H and O–H groups in total. The normalized spacial score (nSPS) is 16.8. The van der Waals surface area contributed by atoms with Gasteiger partial charge in [0.15, 0.2) is 0 Å². The van der Waals surface area contributed by atoms with Gasteiger partial charge in [-0.05, 0) is 25.0 Å². The van der Waals surface area contributed by atoms with Gasteiger partial charge in [0.25, 0.3) is 5.56 Å². The summed E-state index contributed by atoms with van der Waals surface area (Å²) < 4.78 is 6.64. The molecule has 1 unspecified atom stereocenters. The molecule has 1 atom stereocenters. The van der Waals surface area contributed by atoms with Crippen molar-refractivity contribution in [3.63, 3.8) is 0 Å². The summed E-state index contributed by atoms with van der Waals surface area (Å²) in [5.74, 6) is 0.766. The molecule has 0 aliphatic carbocycles. The molecule has 0 radical (unpaired) electrons. The first-order valence-electron chi connectivity index (χ1n) is 9.03. The largest absolute Gasteiger partial charge is 0.383 e. The van der Waals surface area contributed by atoms with E-state index in [2.05, 4.69) is 21.1 Å². The lowest BCUT2D eigenvalue weighted by Gasteiger charge is -2.34. The minimum absolute atomic E-state index is 0.0166. The molecule has 1 fully saturated rings. The monoisotopic (exact) mass is 368 g/mol. The molecule has 0 aromatic carbocycles. The Morgan fingerprint density at radius 3 is 3.04 bits per heavy atom. The molecule has 2 aromatic heterocycles. The van der Waals surface area contributed by atoms with Crippen molar-refractivity contribution in [3.05, 3.63) is 46.5 Å². The van der Waals surface area contributed by atoms with Crippen LogP contribution in [0.3, 0.4) is 0 Å². The summed E-state index contributed by atoms with van der Waals surface area (Å²) in [6.07, 6.45) is 3.55. The lowest BCUT2D eigenvalue weighted by Crippen LogP contribution is -2.41. The minimum atomic E-state index is -0.109. The third-order valence-electron chi connectivity index (χ3n) is 4.80. The highest BCUT2D eigenvalue weighted by molar-refractivity contribution is 5.43. The zero-order chi connectivity index (χ0) is 19.2. The van der Waals surface area contributed by atoms with Crippen LogP contribution in [-0.2, 0) is 4.74 Å². The second-order valence-corrected chi connectivity index (χ2v) is 6.65. The maximum Gasteiger partial charge on any atom is 0.269 e. The van der Waals surface area contributed by atoms with Crippen LogP contribution in [0.4, 0.5) is 11.5 Å². The zero-order valence-corrected chi connectivity index (χ0v) is 15.7. The van der Waals surface area contributed by atoms with E-state index < -0.39 is 0 Å². The summed E-state index contributed by atoms with van der Waals surface area (Å²) >= 11 is 0. The van der Waals surface area contributed by atoms with Crippen LogP contribution in [0.1, 0.15) is 24.6 Å². The first-order valence-corrected chi connectivity index (χ1v) is 9.03. The van der Waals surface area contributed by atoms with E-state index in [1.807, 2.05) is 24.1 Å². The van der Waals surface area contributed by atoms with E-state index in [1.165, 1.54) is 0 Å². The fraction of sp³-hybridized carbons (Fsp3) is 0.474. The van der Waals surface area contributed by atoms with Crippen LogP contribution < -0.4 is 15.4 Å². The summed E-state index contributed by atoms with van der Waals surface area (Å²) in [6.45, 7) is 2.78. The van der Waals surface area contributed by atoms with E-state index in [0.717, 1.165) is 30.9 Å². The van der Waals surface area contributed by atoms with Gasteiger partial charge in [-0.25, -0.2) is 9.67 Å². The second-order valence-electron chi connectivity index (χ2n) is 6.65. The Kier molecular flexibility index (Phi) is 6.04. The summed E-state index contributed by atoms with van der Waals surface area (Å²) in [5.41, 5.74) is 1.07. The molecule has 3 heterocycles. The molecule has 0 saturated carbocycles. The fourth-order valence-electron chi connectivity index (χ4n) is 3.27. The molecule has 1 aliphatic heterocycles. The molecular weight excluding hydrogens is 344 g/mol. The van der Waals surface area contributed by atoms with Crippen LogP contribution >= 0.6 is 0 Å². The third-order valence-corrected chi connectivity index (χ3v) is 4.80. The number of piperidine rings is 1. The van der Waals surface area contributed by atoms with Crippen molar-refractivity contribution < 1.29 is 4.74 Å². The van der Waals surface area contributed by atoms with E-state index in [0.29, 0.717) is 25.4 Å². The van der Waals surface area contributed by atoms with Crippen molar-refractivity contribution in [2.45, 2.75) is 18.9 Å². The molecule has 142 valence electrons. The van der Waals surface area contributed by atoms with E-state index in [-0.39, 0.29) is 11.6 Å². The zero-order valence-electron chi connectivity index (χ0n) is 15.7. The Morgan fingerprint density at radius 2 is 2.30 bits per heavy atom. The number of nitrogens with zero attached hydrogens (tertiary/aromatic N) is 6. The third kappa shape index (κ3) is 4.44. The fourth-order valence-corrected chi connectivity index (χ4v) is 3.27. The van der Waals surface area contributed by atoms with E-state index >= 15 is 0 Å². The quantitative estimate of drug-likeness (QED) is 0.762. The van der Waals surface area contributed by atoms with E-state index in [9.17, 15) is 4.79 Å². The van der Waals surface area contributed by atoms with E-state index in [4.69, 9.17) is 10.00 Å². The summed E-state index contributed by atoms with van der Waals surface area (Å²) in [6, 6.07) is 9.09. The lowest BCUT2D eigenvalue weighted by atomic mass is 10.1. The molecule has 1 aliphatic rings. The number of ether oxygens (including phenoxy) is 1. The van der Waals surface area contributed by atoms with Crippen molar-refractivity contribution in [1.29, 1.82) is 5.26 Å². The van der Waals surface area contributed by atoms with Gasteiger partial charge in [-0.15, -0.1) is 0 Å². The van der Waals surface area contributed by atoms with Gasteiger partial charge in [0, 0.05) is 39.9 Å². The summed E-state index contributed by atoms with van der Waals surface area (Å²) in [4.78, 5) is 21.1. The molecule has 0 amide bonds. The van der Waals surface area contributed by atoms with Crippen molar-refractivity contribution in [1.82, 2.24) is 14.8 Å². The van der Waals surface area contributed by atoms with Crippen LogP contribution in [-0.4, -0.2) is 55.2 Å². The predicted molar refractivity (Wildman–Crippen MR) is 103 cm³/mol. The number of likely N-dealkylation sites (N-methyl/N-ethyl adjacent to an activating group) is 1. The minimum Gasteiger partial charge on any atom is -0.383 e. The SMILES string of the molecule is COCCN(C)c1cnn(C2CCCN(c3cccc(C#N)n3)C2)c(=O)c1. The molecule has 0 bridgehead atoms. The number of methoxy groups -OCH3 is 1. The van der Waals surface area contributed by atoms with Gasteiger partial charge in [-0.3, -0.25) is 4.79 Å². The summed E-state index contributed by atoms with van der Waals surface area (Å²) in [7, 11) is 3.57. The molecule has 8 nitrogen and oxygen atoms in total. The highest BCUT2D eigenvalue weighted by atomic mass is 16.5. The first-order chi connectivity index (χ1) is 13.1. The Balaban J connectivity index is 1.76. The average molecular weight is 368 g/mol. The maximum atomic E-state index is 12.6. The number of aromatic nitrogens is 3. The number of hydrogen-bond donors (Lipinski definition) is 0. The Morgan fingerprint density at radius 1 is 1.44 bits per heavy atom. The topological polar surface area (TPSA) is 87.3 Å². The van der Waals surface area contributed by atoms with Crippen molar-refractivity contribution in [2.75, 3.05) is 50.2 Å². The predicted octanol–water partition coefficient (Wildman–Crippen LogP) is 1.43.